The van der Waals surface area contributed by atoms with Crippen LogP contribution in [0.25, 0.3) is 0 Å². The van der Waals surface area contributed by atoms with Gasteiger partial charge in [-0.05, 0) is 13.3 Å². The Hall–Kier alpha value is -1.22. The lowest BCUT2D eigenvalue weighted by Gasteiger charge is -2.36. The van der Waals surface area contributed by atoms with E-state index in [1.54, 1.807) is 0 Å². The van der Waals surface area contributed by atoms with Crippen LogP contribution in [0.2, 0.25) is 0 Å². The predicted molar refractivity (Wildman–Crippen MR) is 69.0 cm³/mol. The van der Waals surface area contributed by atoms with E-state index in [1.807, 2.05) is 0 Å². The van der Waals surface area contributed by atoms with Gasteiger partial charge in [0.05, 0.1) is 19.6 Å². The highest BCUT2D eigenvalue weighted by atomic mass is 16.8. The second-order valence-electron chi connectivity index (χ2n) is 4.86. The molecule has 4 atom stereocenters. The zero-order chi connectivity index (χ0) is 16.3. The Labute approximate surface area is 123 Å². The Morgan fingerprint density at radius 3 is 2.33 bits per heavy atom. The molecular formula is C13H22O8. The first-order valence-corrected chi connectivity index (χ1v) is 6.46. The van der Waals surface area contributed by atoms with E-state index < -0.39 is 35.5 Å². The molecule has 0 aromatic rings. The number of esters is 2. The monoisotopic (exact) mass is 306 g/mol. The molecule has 0 amide bonds. The second kappa shape index (κ2) is 6.69. The van der Waals surface area contributed by atoms with Crippen molar-refractivity contribution >= 4 is 11.9 Å². The normalized spacial score (nSPS) is 35.5. The molecule has 1 aliphatic heterocycles. The van der Waals surface area contributed by atoms with Crippen molar-refractivity contribution in [2.45, 2.75) is 37.9 Å². The number of hydrogen-bond donors (Lipinski definition) is 1. The summed E-state index contributed by atoms with van der Waals surface area (Å²) >= 11 is 0. The first-order chi connectivity index (χ1) is 9.76. The highest BCUT2D eigenvalue weighted by Crippen LogP contribution is 2.47. The van der Waals surface area contributed by atoms with Crippen LogP contribution in [0.4, 0.5) is 0 Å². The van der Waals surface area contributed by atoms with Gasteiger partial charge >= 0.3 is 11.9 Å². The number of rotatable bonds is 6. The summed E-state index contributed by atoms with van der Waals surface area (Å²) in [7, 11) is 3.83. The van der Waals surface area contributed by atoms with E-state index in [-0.39, 0.29) is 13.0 Å². The van der Waals surface area contributed by atoms with E-state index in [1.165, 1.54) is 28.1 Å². The van der Waals surface area contributed by atoms with Crippen molar-refractivity contribution in [3.63, 3.8) is 0 Å². The van der Waals surface area contributed by atoms with Gasteiger partial charge in [0.1, 0.15) is 0 Å². The number of carbonyl (C=O) groups is 2. The van der Waals surface area contributed by atoms with Crippen LogP contribution in [-0.2, 0) is 33.3 Å². The highest BCUT2D eigenvalue weighted by Gasteiger charge is 2.69. The largest absolute Gasteiger partial charge is 0.467 e. The molecule has 0 spiro atoms. The minimum atomic E-state index is -2.09. The molecule has 0 unspecified atom stereocenters. The van der Waals surface area contributed by atoms with Gasteiger partial charge in [0.15, 0.2) is 6.29 Å². The van der Waals surface area contributed by atoms with Gasteiger partial charge in [-0.1, -0.05) is 0 Å². The minimum Gasteiger partial charge on any atom is -0.467 e. The first-order valence-electron chi connectivity index (χ1n) is 6.46. The number of aliphatic hydroxyl groups is 1. The average molecular weight is 306 g/mol. The molecule has 0 aromatic heterocycles. The van der Waals surface area contributed by atoms with Crippen LogP contribution < -0.4 is 0 Å². The van der Waals surface area contributed by atoms with Gasteiger partial charge in [0.2, 0.25) is 11.4 Å². The van der Waals surface area contributed by atoms with Crippen molar-refractivity contribution in [1.29, 1.82) is 0 Å². The van der Waals surface area contributed by atoms with Gasteiger partial charge in [-0.25, -0.2) is 4.79 Å². The number of hydrogen-bond acceptors (Lipinski definition) is 8. The molecule has 1 saturated heterocycles. The summed E-state index contributed by atoms with van der Waals surface area (Å²) in [5, 5.41) is 10.9. The zero-order valence-electron chi connectivity index (χ0n) is 12.9. The molecule has 1 fully saturated rings. The fourth-order valence-corrected chi connectivity index (χ4v) is 2.51. The number of methoxy groups -OCH3 is 3. The van der Waals surface area contributed by atoms with Crippen LogP contribution in [0, 0.1) is 5.92 Å². The molecule has 1 heterocycles. The van der Waals surface area contributed by atoms with Crippen LogP contribution in [0.3, 0.4) is 0 Å². The predicted octanol–water partition coefficient (Wildman–Crippen LogP) is -0.175. The quantitative estimate of drug-likeness (QED) is 0.675. The molecule has 8 nitrogen and oxygen atoms in total. The zero-order valence-corrected chi connectivity index (χ0v) is 12.9. The molecule has 0 bridgehead atoms. The SMILES string of the molecule is COC(=O)[C@@]1(O)[C@@H](CCOC(C)=O)[C@H](OC)O[C@]1(C)OC. The van der Waals surface area contributed by atoms with Crippen molar-refractivity contribution < 1.29 is 38.4 Å². The third-order valence-corrected chi connectivity index (χ3v) is 3.75. The molecule has 1 N–H and O–H groups in total. The Bertz CT molecular complexity index is 398. The smallest absolute Gasteiger partial charge is 0.344 e. The average Bonchev–Trinajstić information content (AvgIpc) is 2.68. The maximum atomic E-state index is 12.1. The summed E-state index contributed by atoms with van der Waals surface area (Å²) < 4.78 is 25.4. The van der Waals surface area contributed by atoms with Crippen molar-refractivity contribution in [2.75, 3.05) is 27.9 Å². The number of carbonyl (C=O) groups excluding carboxylic acids is 2. The van der Waals surface area contributed by atoms with E-state index >= 15 is 0 Å². The number of ether oxygens (including phenoxy) is 5. The maximum Gasteiger partial charge on any atom is 0.344 e. The van der Waals surface area contributed by atoms with Gasteiger partial charge in [-0.3, -0.25) is 4.79 Å². The fourth-order valence-electron chi connectivity index (χ4n) is 2.51. The maximum absolute atomic E-state index is 12.1. The Morgan fingerprint density at radius 1 is 1.29 bits per heavy atom. The molecule has 0 aromatic carbocycles. The molecule has 8 heteroatoms. The lowest BCUT2D eigenvalue weighted by molar-refractivity contribution is -0.287. The summed E-state index contributed by atoms with van der Waals surface area (Å²) in [4.78, 5) is 22.9. The summed E-state index contributed by atoms with van der Waals surface area (Å²) in [6.45, 7) is 2.69. The van der Waals surface area contributed by atoms with E-state index in [9.17, 15) is 14.7 Å². The second-order valence-corrected chi connectivity index (χ2v) is 4.86. The van der Waals surface area contributed by atoms with Gasteiger partial charge in [-0.2, -0.15) is 0 Å². The first kappa shape index (κ1) is 17.8. The van der Waals surface area contributed by atoms with Crippen LogP contribution in [0.1, 0.15) is 20.3 Å². The Balaban J connectivity index is 3.07. The van der Waals surface area contributed by atoms with Crippen molar-refractivity contribution in [1.82, 2.24) is 0 Å². The molecule has 0 aliphatic carbocycles. The molecule has 1 rings (SSSR count). The van der Waals surface area contributed by atoms with Gasteiger partial charge < -0.3 is 28.8 Å². The highest BCUT2D eigenvalue weighted by molar-refractivity contribution is 5.81. The summed E-state index contributed by atoms with van der Waals surface area (Å²) in [6.07, 6.45) is -0.766. The van der Waals surface area contributed by atoms with Crippen molar-refractivity contribution in [2.24, 2.45) is 5.92 Å². The summed E-state index contributed by atoms with van der Waals surface area (Å²) in [5.41, 5.74) is -2.09. The van der Waals surface area contributed by atoms with Gasteiger partial charge in [-0.15, -0.1) is 0 Å². The van der Waals surface area contributed by atoms with Gasteiger partial charge in [0.25, 0.3) is 0 Å². The van der Waals surface area contributed by atoms with Gasteiger partial charge in [0, 0.05) is 21.1 Å². The standard InChI is InChI=1S/C13H22O8/c1-8(14)20-7-6-9-10(17-3)21-12(2,19-5)13(9,16)11(15)18-4/h9-10,16H,6-7H2,1-5H3/t9-,10+,12-,13-/m0/s1. The Kier molecular flexibility index (Phi) is 5.68. The van der Waals surface area contributed by atoms with Crippen LogP contribution in [-0.4, -0.2) is 62.7 Å². The summed E-state index contributed by atoms with van der Waals surface area (Å²) in [6, 6.07) is 0. The molecule has 0 saturated carbocycles. The summed E-state index contributed by atoms with van der Waals surface area (Å²) in [5.74, 6) is -3.82. The van der Waals surface area contributed by atoms with Crippen LogP contribution in [0.5, 0.6) is 0 Å². The van der Waals surface area contributed by atoms with E-state index in [0.717, 1.165) is 7.11 Å². The Morgan fingerprint density at radius 2 is 1.90 bits per heavy atom. The molecular weight excluding hydrogens is 284 g/mol. The van der Waals surface area contributed by atoms with E-state index in [2.05, 4.69) is 4.74 Å². The van der Waals surface area contributed by atoms with E-state index in [0.29, 0.717) is 0 Å². The minimum absolute atomic E-state index is 0.00230. The van der Waals surface area contributed by atoms with Crippen molar-refractivity contribution in [3.05, 3.63) is 0 Å². The van der Waals surface area contributed by atoms with Crippen LogP contribution in [0.15, 0.2) is 0 Å². The fraction of sp³-hybridized carbons (Fsp3) is 0.846. The third-order valence-electron chi connectivity index (χ3n) is 3.75. The van der Waals surface area contributed by atoms with Crippen LogP contribution >= 0.6 is 0 Å². The molecule has 122 valence electrons. The van der Waals surface area contributed by atoms with E-state index in [4.69, 9.17) is 18.9 Å². The lowest BCUT2D eigenvalue weighted by Crippen LogP contribution is -2.59. The topological polar surface area (TPSA) is 101 Å². The lowest BCUT2D eigenvalue weighted by atomic mass is 9.81. The molecule has 0 radical (unpaired) electrons. The molecule has 21 heavy (non-hydrogen) atoms. The third kappa shape index (κ3) is 3.03. The molecule has 1 aliphatic rings. The van der Waals surface area contributed by atoms with Crippen molar-refractivity contribution in [3.8, 4) is 0 Å².